The fourth-order valence-corrected chi connectivity index (χ4v) is 3.83. The Labute approximate surface area is 182 Å². The summed E-state index contributed by atoms with van der Waals surface area (Å²) in [6.07, 6.45) is 2.46. The summed E-state index contributed by atoms with van der Waals surface area (Å²) in [5.41, 5.74) is 3.68. The van der Waals surface area contributed by atoms with E-state index in [1.807, 2.05) is 25.1 Å². The number of nitrogens with zero attached hydrogens (tertiary/aromatic N) is 3. The molecule has 2 aliphatic rings. The molecule has 1 aromatic carbocycles. The summed E-state index contributed by atoms with van der Waals surface area (Å²) in [6.45, 7) is 7.18. The highest BCUT2D eigenvalue weighted by Gasteiger charge is 2.27. The molecule has 4 rings (SSSR count). The standard InChI is InChI=1S/C22H26BN5O3/c1-13(2)18-9-23(29)31-20-5-4-16(8-17(18)20)26-22-25-11-14(3)21(28-22)27-19-12-30-7-6-15(19)10-24/h4-5,8-9,11,13,15,19,29H,6-7,12H2,1-3H3,(H2,25,26,27,28)/t15-,19?/m1/s1. The normalized spacial score (nSPS) is 20.4. The molecule has 0 spiro atoms. The molecule has 1 saturated heterocycles. The Morgan fingerprint density at radius 2 is 2.19 bits per heavy atom. The molecule has 31 heavy (non-hydrogen) atoms. The van der Waals surface area contributed by atoms with Gasteiger partial charge in [-0.1, -0.05) is 13.8 Å². The maximum Gasteiger partial charge on any atom is 0.552 e. The van der Waals surface area contributed by atoms with Crippen molar-refractivity contribution in [1.82, 2.24) is 9.97 Å². The van der Waals surface area contributed by atoms with Crippen molar-refractivity contribution in [1.29, 1.82) is 5.26 Å². The third kappa shape index (κ3) is 4.65. The van der Waals surface area contributed by atoms with Crippen LogP contribution < -0.4 is 15.3 Å². The summed E-state index contributed by atoms with van der Waals surface area (Å²) < 4.78 is 11.1. The van der Waals surface area contributed by atoms with Gasteiger partial charge in [0.25, 0.3) is 0 Å². The molecule has 1 aromatic heterocycles. The smallest absolute Gasteiger partial charge is 0.532 e. The van der Waals surface area contributed by atoms with Crippen LogP contribution in [-0.4, -0.2) is 41.4 Å². The highest BCUT2D eigenvalue weighted by atomic mass is 16.5. The molecule has 0 radical (unpaired) electrons. The van der Waals surface area contributed by atoms with Gasteiger partial charge in [-0.3, -0.25) is 0 Å². The van der Waals surface area contributed by atoms with Crippen LogP contribution in [-0.2, 0) is 4.74 Å². The van der Waals surface area contributed by atoms with Crippen LogP contribution in [0.25, 0.3) is 5.57 Å². The van der Waals surface area contributed by atoms with E-state index in [0.717, 1.165) is 22.4 Å². The summed E-state index contributed by atoms with van der Waals surface area (Å²) in [7, 11) is -0.932. The molecule has 160 valence electrons. The van der Waals surface area contributed by atoms with Gasteiger partial charge in [0, 0.05) is 29.6 Å². The number of hydrogen-bond acceptors (Lipinski definition) is 8. The molecule has 8 nitrogen and oxygen atoms in total. The highest BCUT2D eigenvalue weighted by Crippen LogP contribution is 2.37. The van der Waals surface area contributed by atoms with Gasteiger partial charge in [-0.25, -0.2) is 4.98 Å². The summed E-state index contributed by atoms with van der Waals surface area (Å²) in [5, 5.41) is 26.0. The Kier molecular flexibility index (Phi) is 6.12. The van der Waals surface area contributed by atoms with E-state index in [1.54, 1.807) is 12.2 Å². The van der Waals surface area contributed by atoms with E-state index < -0.39 is 7.12 Å². The molecule has 0 bridgehead atoms. The van der Waals surface area contributed by atoms with Crippen LogP contribution in [0.5, 0.6) is 5.75 Å². The third-order valence-electron chi connectivity index (χ3n) is 5.55. The minimum atomic E-state index is -0.932. The number of anilines is 3. The Morgan fingerprint density at radius 1 is 1.35 bits per heavy atom. The molecule has 1 unspecified atom stereocenters. The van der Waals surface area contributed by atoms with E-state index in [-0.39, 0.29) is 17.9 Å². The van der Waals surface area contributed by atoms with Gasteiger partial charge in [-0.15, -0.1) is 0 Å². The van der Waals surface area contributed by atoms with E-state index in [9.17, 15) is 10.3 Å². The van der Waals surface area contributed by atoms with Crippen LogP contribution in [0.2, 0.25) is 0 Å². The van der Waals surface area contributed by atoms with Crippen molar-refractivity contribution in [2.45, 2.75) is 33.2 Å². The molecule has 3 N–H and O–H groups in total. The van der Waals surface area contributed by atoms with Crippen molar-refractivity contribution in [3.8, 4) is 11.8 Å². The van der Waals surface area contributed by atoms with Crippen LogP contribution in [0.3, 0.4) is 0 Å². The average Bonchev–Trinajstić information content (AvgIpc) is 2.76. The Morgan fingerprint density at radius 3 is 2.97 bits per heavy atom. The van der Waals surface area contributed by atoms with Crippen LogP contribution in [0.1, 0.15) is 31.4 Å². The van der Waals surface area contributed by atoms with Gasteiger partial charge in [0.05, 0.1) is 24.6 Å². The minimum absolute atomic E-state index is 0.105. The second-order valence-electron chi connectivity index (χ2n) is 8.20. The number of allylic oxidation sites excluding steroid dienone is 1. The van der Waals surface area contributed by atoms with Gasteiger partial charge in [0.2, 0.25) is 5.95 Å². The van der Waals surface area contributed by atoms with Crippen molar-refractivity contribution in [2.24, 2.45) is 11.8 Å². The maximum atomic E-state index is 9.94. The molecule has 0 saturated carbocycles. The molecule has 2 atom stereocenters. The number of ether oxygens (including phenoxy) is 1. The molecular weight excluding hydrogens is 393 g/mol. The molecule has 2 aromatic rings. The number of aromatic nitrogens is 2. The molecule has 2 aliphatic heterocycles. The Balaban J connectivity index is 1.56. The molecular formula is C22H26BN5O3. The lowest BCUT2D eigenvalue weighted by Crippen LogP contribution is -2.38. The number of nitriles is 1. The first-order chi connectivity index (χ1) is 14.9. The van der Waals surface area contributed by atoms with Gasteiger partial charge in [0.15, 0.2) is 0 Å². The Bertz CT molecular complexity index is 1040. The lowest BCUT2D eigenvalue weighted by molar-refractivity contribution is 0.0698. The zero-order chi connectivity index (χ0) is 22.0. The largest absolute Gasteiger partial charge is 0.552 e. The zero-order valence-corrected chi connectivity index (χ0v) is 17.9. The minimum Gasteiger partial charge on any atom is -0.532 e. The average molecular weight is 419 g/mol. The molecule has 0 aliphatic carbocycles. The number of rotatable bonds is 5. The van der Waals surface area contributed by atoms with Crippen LogP contribution in [0, 0.1) is 30.1 Å². The van der Waals surface area contributed by atoms with E-state index in [0.29, 0.717) is 37.2 Å². The summed E-state index contributed by atoms with van der Waals surface area (Å²) in [6, 6.07) is 7.93. The lowest BCUT2D eigenvalue weighted by atomic mass is 9.78. The number of nitrogens with one attached hydrogen (secondary N) is 2. The number of benzene rings is 1. The maximum absolute atomic E-state index is 9.94. The van der Waals surface area contributed by atoms with Gasteiger partial charge in [0.1, 0.15) is 11.6 Å². The molecule has 9 heteroatoms. The zero-order valence-electron chi connectivity index (χ0n) is 17.9. The molecule has 3 heterocycles. The van der Waals surface area contributed by atoms with Crippen molar-refractivity contribution in [2.75, 3.05) is 23.8 Å². The predicted octanol–water partition coefficient (Wildman–Crippen LogP) is 3.32. The Hall–Kier alpha value is -3.09. The predicted molar refractivity (Wildman–Crippen MR) is 120 cm³/mol. The fourth-order valence-electron chi connectivity index (χ4n) is 3.83. The van der Waals surface area contributed by atoms with E-state index in [4.69, 9.17) is 9.39 Å². The fraction of sp³-hybridized carbons (Fsp3) is 0.409. The summed E-state index contributed by atoms with van der Waals surface area (Å²) in [4.78, 5) is 9.02. The third-order valence-corrected chi connectivity index (χ3v) is 5.55. The SMILES string of the molecule is Cc1cnc(Nc2ccc3c(c2)C(C(C)C)=CB(O)O3)nc1NC1COCC[C@@H]1C#N. The second kappa shape index (κ2) is 8.96. The summed E-state index contributed by atoms with van der Waals surface area (Å²) >= 11 is 0. The van der Waals surface area contributed by atoms with Crippen molar-refractivity contribution < 1.29 is 14.4 Å². The van der Waals surface area contributed by atoms with Gasteiger partial charge < -0.3 is 25.0 Å². The van der Waals surface area contributed by atoms with Crippen LogP contribution in [0.4, 0.5) is 17.5 Å². The lowest BCUT2D eigenvalue weighted by Gasteiger charge is -2.28. The quantitative estimate of drug-likeness (QED) is 0.633. The van der Waals surface area contributed by atoms with Crippen molar-refractivity contribution >= 4 is 30.1 Å². The number of aryl methyl sites for hydroxylation is 1. The molecule has 1 fully saturated rings. The number of fused-ring (bicyclic) bond motifs is 1. The first-order valence-electron chi connectivity index (χ1n) is 10.5. The van der Waals surface area contributed by atoms with Crippen LogP contribution in [0.15, 0.2) is 30.4 Å². The monoisotopic (exact) mass is 419 g/mol. The second-order valence-corrected chi connectivity index (χ2v) is 8.20. The van der Waals surface area contributed by atoms with Gasteiger partial charge in [-0.05, 0) is 49.0 Å². The summed E-state index contributed by atoms with van der Waals surface area (Å²) in [5.74, 6) is 3.64. The van der Waals surface area contributed by atoms with Crippen molar-refractivity contribution in [3.63, 3.8) is 0 Å². The first-order valence-corrected chi connectivity index (χ1v) is 10.5. The topological polar surface area (TPSA) is 112 Å². The number of hydrogen-bond donors (Lipinski definition) is 3. The van der Waals surface area contributed by atoms with E-state index in [2.05, 4.69) is 40.5 Å². The molecule has 0 amide bonds. The van der Waals surface area contributed by atoms with E-state index in [1.165, 1.54) is 0 Å². The van der Waals surface area contributed by atoms with Crippen LogP contribution >= 0.6 is 0 Å². The van der Waals surface area contributed by atoms with Gasteiger partial charge in [-0.2, -0.15) is 10.2 Å². The highest BCUT2D eigenvalue weighted by molar-refractivity contribution is 6.52. The van der Waals surface area contributed by atoms with Crippen molar-refractivity contribution in [3.05, 3.63) is 41.5 Å². The first kappa shape index (κ1) is 21.2. The van der Waals surface area contributed by atoms with E-state index >= 15 is 0 Å². The van der Waals surface area contributed by atoms with Gasteiger partial charge >= 0.3 is 7.12 Å².